The van der Waals surface area contributed by atoms with E-state index in [4.69, 9.17) is 10.3 Å². The molecular weight excluding hydrogens is 216 g/mol. The van der Waals surface area contributed by atoms with Crippen molar-refractivity contribution in [3.05, 3.63) is 47.6 Å². The Labute approximate surface area is 99.4 Å². The lowest BCUT2D eigenvalue weighted by Gasteiger charge is -1.99. The van der Waals surface area contributed by atoms with Gasteiger partial charge in [-0.05, 0) is 6.92 Å². The molecule has 1 heterocycles. The maximum absolute atomic E-state index is 5.85. The lowest BCUT2D eigenvalue weighted by atomic mass is 10.2. The molecule has 0 amide bonds. The van der Waals surface area contributed by atoms with Gasteiger partial charge in [-0.2, -0.15) is 4.98 Å². The fourth-order valence-electron chi connectivity index (χ4n) is 1.41. The minimum atomic E-state index is 0.529. The zero-order valence-corrected chi connectivity index (χ0v) is 9.63. The van der Waals surface area contributed by atoms with Crippen molar-refractivity contribution in [1.29, 1.82) is 0 Å². The number of aromatic nitrogens is 2. The van der Waals surface area contributed by atoms with Crippen LogP contribution in [0.25, 0.3) is 0 Å². The summed E-state index contributed by atoms with van der Waals surface area (Å²) >= 11 is 0. The van der Waals surface area contributed by atoms with Crippen LogP contribution in [-0.4, -0.2) is 22.5 Å². The van der Waals surface area contributed by atoms with E-state index in [1.54, 1.807) is 6.92 Å². The van der Waals surface area contributed by atoms with E-state index in [1.807, 2.05) is 30.3 Å². The average Bonchev–Trinajstić information content (AvgIpc) is 2.76. The van der Waals surface area contributed by atoms with Crippen molar-refractivity contribution in [1.82, 2.24) is 10.1 Å². The van der Waals surface area contributed by atoms with E-state index in [-0.39, 0.29) is 0 Å². The fourth-order valence-corrected chi connectivity index (χ4v) is 1.41. The van der Waals surface area contributed by atoms with Gasteiger partial charge < -0.3 is 10.3 Å². The number of nitrogens with two attached hydrogens (primary N) is 1. The molecule has 0 radical (unpaired) electrons. The minimum absolute atomic E-state index is 0.529. The molecule has 1 aromatic carbocycles. The van der Waals surface area contributed by atoms with Gasteiger partial charge in [0, 0.05) is 12.0 Å². The molecule has 0 atom stereocenters. The molecule has 17 heavy (non-hydrogen) atoms. The summed E-state index contributed by atoms with van der Waals surface area (Å²) in [5.74, 6) is 1.76. The molecule has 0 saturated carbocycles. The van der Waals surface area contributed by atoms with Gasteiger partial charge in [0.05, 0.1) is 6.54 Å². The molecule has 0 aliphatic heterocycles. The van der Waals surface area contributed by atoms with Gasteiger partial charge >= 0.3 is 0 Å². The number of benzene rings is 1. The van der Waals surface area contributed by atoms with Gasteiger partial charge in [0.25, 0.3) is 0 Å². The topological polar surface area (TPSA) is 77.3 Å². The lowest BCUT2D eigenvalue weighted by molar-refractivity contribution is 0.376. The molecule has 5 nitrogen and oxygen atoms in total. The molecule has 5 heteroatoms. The van der Waals surface area contributed by atoms with Crippen LogP contribution in [0.1, 0.15) is 17.3 Å². The number of rotatable bonds is 4. The molecule has 2 rings (SSSR count). The quantitative estimate of drug-likeness (QED) is 0.635. The summed E-state index contributed by atoms with van der Waals surface area (Å²) in [5, 5.41) is 3.71. The highest BCUT2D eigenvalue weighted by molar-refractivity contribution is 5.97. The highest BCUT2D eigenvalue weighted by atomic mass is 16.5. The van der Waals surface area contributed by atoms with E-state index in [0.29, 0.717) is 30.5 Å². The number of aryl methyl sites for hydroxylation is 1. The number of hydrogen-bond donors (Lipinski definition) is 1. The summed E-state index contributed by atoms with van der Waals surface area (Å²) in [6.07, 6.45) is 0.606. The second kappa shape index (κ2) is 5.25. The van der Waals surface area contributed by atoms with E-state index in [0.717, 1.165) is 5.56 Å². The summed E-state index contributed by atoms with van der Waals surface area (Å²) in [6, 6.07) is 9.65. The summed E-state index contributed by atoms with van der Waals surface area (Å²) < 4.78 is 4.98. The summed E-state index contributed by atoms with van der Waals surface area (Å²) in [7, 11) is 0. The molecule has 2 aromatic rings. The van der Waals surface area contributed by atoms with Crippen LogP contribution in [-0.2, 0) is 6.42 Å². The van der Waals surface area contributed by atoms with Crippen molar-refractivity contribution in [2.45, 2.75) is 13.3 Å². The highest BCUT2D eigenvalue weighted by Gasteiger charge is 2.02. The number of amidine groups is 1. The maximum atomic E-state index is 5.85. The third kappa shape index (κ3) is 3.14. The summed E-state index contributed by atoms with van der Waals surface area (Å²) in [4.78, 5) is 8.36. The van der Waals surface area contributed by atoms with E-state index < -0.39 is 0 Å². The van der Waals surface area contributed by atoms with Crippen LogP contribution in [0.15, 0.2) is 39.8 Å². The molecule has 0 fully saturated rings. The van der Waals surface area contributed by atoms with Crippen molar-refractivity contribution in [3.8, 4) is 0 Å². The monoisotopic (exact) mass is 230 g/mol. The van der Waals surface area contributed by atoms with Crippen LogP contribution in [0.2, 0.25) is 0 Å². The molecule has 2 N–H and O–H groups in total. The Morgan fingerprint density at radius 1 is 1.35 bits per heavy atom. The Bertz CT molecular complexity index is 504. The van der Waals surface area contributed by atoms with Crippen molar-refractivity contribution >= 4 is 5.84 Å². The molecule has 0 spiro atoms. The molecule has 0 saturated heterocycles. The van der Waals surface area contributed by atoms with Crippen LogP contribution in [0.5, 0.6) is 0 Å². The number of aliphatic imine (C=N–C) groups is 1. The SMILES string of the molecule is Cc1noc(CCN=C(N)c2ccccc2)n1. The Hall–Kier alpha value is -2.17. The average molecular weight is 230 g/mol. The van der Waals surface area contributed by atoms with Crippen molar-refractivity contribution < 1.29 is 4.52 Å². The zero-order valence-electron chi connectivity index (χ0n) is 9.63. The number of hydrogen-bond acceptors (Lipinski definition) is 4. The molecule has 0 aliphatic carbocycles. The van der Waals surface area contributed by atoms with Crippen molar-refractivity contribution in [3.63, 3.8) is 0 Å². The smallest absolute Gasteiger partial charge is 0.228 e. The van der Waals surface area contributed by atoms with E-state index in [9.17, 15) is 0 Å². The van der Waals surface area contributed by atoms with Crippen molar-refractivity contribution in [2.75, 3.05) is 6.54 Å². The van der Waals surface area contributed by atoms with Gasteiger partial charge in [0.1, 0.15) is 5.84 Å². The van der Waals surface area contributed by atoms with Crippen LogP contribution >= 0.6 is 0 Å². The fraction of sp³-hybridized carbons (Fsp3) is 0.250. The zero-order chi connectivity index (χ0) is 12.1. The Morgan fingerprint density at radius 3 is 2.76 bits per heavy atom. The predicted octanol–water partition coefficient (Wildman–Crippen LogP) is 1.33. The van der Waals surface area contributed by atoms with Gasteiger partial charge in [-0.15, -0.1) is 0 Å². The van der Waals surface area contributed by atoms with Gasteiger partial charge in [-0.1, -0.05) is 35.5 Å². The third-order valence-corrected chi connectivity index (χ3v) is 2.25. The largest absolute Gasteiger partial charge is 0.384 e. The van der Waals surface area contributed by atoms with E-state index in [2.05, 4.69) is 15.1 Å². The first-order valence-corrected chi connectivity index (χ1v) is 5.40. The first kappa shape index (κ1) is 11.3. The Kier molecular flexibility index (Phi) is 3.49. The molecule has 0 aliphatic rings. The second-order valence-corrected chi connectivity index (χ2v) is 3.62. The third-order valence-electron chi connectivity index (χ3n) is 2.25. The number of nitrogens with zero attached hydrogens (tertiary/aromatic N) is 3. The normalized spacial score (nSPS) is 11.7. The molecular formula is C12H14N4O. The molecule has 0 bridgehead atoms. The first-order valence-electron chi connectivity index (χ1n) is 5.40. The minimum Gasteiger partial charge on any atom is -0.384 e. The summed E-state index contributed by atoms with van der Waals surface area (Å²) in [6.45, 7) is 2.33. The predicted molar refractivity (Wildman–Crippen MR) is 64.8 cm³/mol. The maximum Gasteiger partial charge on any atom is 0.228 e. The van der Waals surface area contributed by atoms with Gasteiger partial charge in [-0.3, -0.25) is 4.99 Å². The molecule has 0 unspecified atom stereocenters. The van der Waals surface area contributed by atoms with Gasteiger partial charge in [0.15, 0.2) is 5.82 Å². The molecule has 88 valence electrons. The standard InChI is InChI=1S/C12H14N4O/c1-9-15-11(17-16-9)7-8-14-12(13)10-5-3-2-4-6-10/h2-6H,7-8H2,1H3,(H2,13,14). The Balaban J connectivity index is 1.93. The van der Waals surface area contributed by atoms with Crippen molar-refractivity contribution in [2.24, 2.45) is 10.7 Å². The molecule has 1 aromatic heterocycles. The highest BCUT2D eigenvalue weighted by Crippen LogP contribution is 2.00. The van der Waals surface area contributed by atoms with Crippen LogP contribution in [0.4, 0.5) is 0 Å². The van der Waals surface area contributed by atoms with Crippen LogP contribution < -0.4 is 5.73 Å². The van der Waals surface area contributed by atoms with Gasteiger partial charge in [-0.25, -0.2) is 0 Å². The first-order chi connectivity index (χ1) is 8.25. The van der Waals surface area contributed by atoms with E-state index in [1.165, 1.54) is 0 Å². The van der Waals surface area contributed by atoms with Gasteiger partial charge in [0.2, 0.25) is 5.89 Å². The lowest BCUT2D eigenvalue weighted by Crippen LogP contribution is -2.14. The van der Waals surface area contributed by atoms with Crippen LogP contribution in [0.3, 0.4) is 0 Å². The second-order valence-electron chi connectivity index (χ2n) is 3.62. The Morgan fingerprint density at radius 2 is 2.12 bits per heavy atom. The van der Waals surface area contributed by atoms with Crippen LogP contribution in [0, 0.1) is 6.92 Å². The summed E-state index contributed by atoms with van der Waals surface area (Å²) in [5.41, 5.74) is 6.77. The van der Waals surface area contributed by atoms with E-state index >= 15 is 0 Å².